The summed E-state index contributed by atoms with van der Waals surface area (Å²) in [6, 6.07) is 9.15. The molecule has 0 spiro atoms. The number of amides is 1. The third kappa shape index (κ3) is 6.05. The monoisotopic (exact) mass is 272 g/mol. The van der Waals surface area contributed by atoms with E-state index in [4.69, 9.17) is 10.00 Å². The van der Waals surface area contributed by atoms with Crippen molar-refractivity contribution in [2.24, 2.45) is 0 Å². The average molecular weight is 272 g/mol. The fraction of sp³-hybridized carbons (Fsp3) is 0.375. The predicted molar refractivity (Wildman–Crippen MR) is 79.0 cm³/mol. The Kier molecular flexibility index (Phi) is 5.33. The molecule has 0 fully saturated rings. The molecular formula is C16H20N2O2. The summed E-state index contributed by atoms with van der Waals surface area (Å²) in [6.07, 6.45) is 3.32. The highest BCUT2D eigenvalue weighted by molar-refractivity contribution is 5.68. The molecule has 1 amide bonds. The number of carbonyl (C=O) groups excluding carboxylic acids is 1. The molecule has 0 aliphatic heterocycles. The van der Waals surface area contributed by atoms with Crippen LogP contribution in [0.5, 0.6) is 0 Å². The van der Waals surface area contributed by atoms with E-state index >= 15 is 0 Å². The molecular weight excluding hydrogens is 252 g/mol. The fourth-order valence-corrected chi connectivity index (χ4v) is 1.47. The van der Waals surface area contributed by atoms with Crippen LogP contribution in [-0.2, 0) is 4.74 Å². The number of carbonyl (C=O) groups is 1. The van der Waals surface area contributed by atoms with E-state index in [9.17, 15) is 4.79 Å². The summed E-state index contributed by atoms with van der Waals surface area (Å²) in [6.45, 7) is 7.33. The van der Waals surface area contributed by atoms with E-state index in [0.29, 0.717) is 5.56 Å². The van der Waals surface area contributed by atoms with Crippen molar-refractivity contribution in [3.63, 3.8) is 0 Å². The largest absolute Gasteiger partial charge is 0.444 e. The number of nitriles is 1. The van der Waals surface area contributed by atoms with Gasteiger partial charge in [-0.3, -0.25) is 0 Å². The van der Waals surface area contributed by atoms with Gasteiger partial charge in [-0.15, -0.1) is 0 Å². The first-order valence-corrected chi connectivity index (χ1v) is 6.48. The number of ether oxygens (including phenoxy) is 1. The Bertz CT molecular complexity index is 519. The summed E-state index contributed by atoms with van der Waals surface area (Å²) in [4.78, 5) is 11.6. The van der Waals surface area contributed by atoms with Gasteiger partial charge in [-0.2, -0.15) is 5.26 Å². The van der Waals surface area contributed by atoms with Crippen molar-refractivity contribution in [1.82, 2.24) is 5.32 Å². The lowest BCUT2D eigenvalue weighted by molar-refractivity contribution is 0.0518. The quantitative estimate of drug-likeness (QED) is 0.916. The van der Waals surface area contributed by atoms with Crippen LogP contribution in [-0.4, -0.2) is 17.7 Å². The van der Waals surface area contributed by atoms with Gasteiger partial charge in [0.2, 0.25) is 0 Å². The Labute approximate surface area is 120 Å². The molecule has 0 bridgehead atoms. The van der Waals surface area contributed by atoms with Gasteiger partial charge in [-0.05, 0) is 45.4 Å². The molecule has 1 aromatic carbocycles. The molecule has 0 heterocycles. The van der Waals surface area contributed by atoms with Crippen LogP contribution in [0.1, 0.15) is 38.8 Å². The van der Waals surface area contributed by atoms with Crippen LogP contribution >= 0.6 is 0 Å². The maximum atomic E-state index is 11.6. The Morgan fingerprint density at radius 1 is 1.35 bits per heavy atom. The molecule has 0 saturated carbocycles. The number of benzene rings is 1. The zero-order valence-corrected chi connectivity index (χ0v) is 12.3. The lowest BCUT2D eigenvalue weighted by atomic mass is 10.1. The summed E-state index contributed by atoms with van der Waals surface area (Å²) in [5.74, 6) is 0. The van der Waals surface area contributed by atoms with Crippen molar-refractivity contribution < 1.29 is 9.53 Å². The minimum absolute atomic E-state index is 0.138. The first-order chi connectivity index (χ1) is 9.30. The number of nitrogens with zero attached hydrogens (tertiary/aromatic N) is 1. The molecule has 0 aliphatic carbocycles. The molecule has 4 nitrogen and oxygen atoms in total. The van der Waals surface area contributed by atoms with Gasteiger partial charge in [0.15, 0.2) is 0 Å². The van der Waals surface area contributed by atoms with Gasteiger partial charge in [0.1, 0.15) is 5.60 Å². The fourth-order valence-electron chi connectivity index (χ4n) is 1.47. The van der Waals surface area contributed by atoms with E-state index < -0.39 is 11.7 Å². The first kappa shape index (κ1) is 15.8. The van der Waals surface area contributed by atoms with E-state index in [1.54, 1.807) is 12.1 Å². The molecule has 4 heteroatoms. The third-order valence-corrected chi connectivity index (χ3v) is 2.36. The van der Waals surface area contributed by atoms with Crippen molar-refractivity contribution in [1.29, 1.82) is 5.26 Å². The minimum Gasteiger partial charge on any atom is -0.444 e. The molecule has 1 aromatic rings. The minimum atomic E-state index is -0.499. The van der Waals surface area contributed by atoms with Crippen molar-refractivity contribution in [3.05, 3.63) is 41.5 Å². The zero-order valence-electron chi connectivity index (χ0n) is 12.3. The zero-order chi connectivity index (χ0) is 15.2. The van der Waals surface area contributed by atoms with Crippen LogP contribution in [0.3, 0.4) is 0 Å². The molecule has 1 N–H and O–H groups in total. The van der Waals surface area contributed by atoms with Crippen molar-refractivity contribution in [2.45, 2.75) is 39.3 Å². The normalized spacial score (nSPS) is 12.8. The van der Waals surface area contributed by atoms with Gasteiger partial charge >= 0.3 is 6.09 Å². The Balaban J connectivity index is 2.53. The summed E-state index contributed by atoms with van der Waals surface area (Å²) in [7, 11) is 0. The summed E-state index contributed by atoms with van der Waals surface area (Å²) in [5, 5.41) is 11.4. The highest BCUT2D eigenvalue weighted by atomic mass is 16.6. The van der Waals surface area contributed by atoms with E-state index in [1.165, 1.54) is 0 Å². The van der Waals surface area contributed by atoms with Gasteiger partial charge < -0.3 is 10.1 Å². The molecule has 0 saturated heterocycles. The highest BCUT2D eigenvalue weighted by Crippen LogP contribution is 2.08. The molecule has 0 aliphatic rings. The number of rotatable bonds is 3. The number of hydrogen-bond donors (Lipinski definition) is 1. The summed E-state index contributed by atoms with van der Waals surface area (Å²) < 4.78 is 5.17. The SMILES string of the molecule is C[C@@H](/C=C/c1ccc(C#N)cc1)NC(=O)OC(C)(C)C. The summed E-state index contributed by atoms with van der Waals surface area (Å²) >= 11 is 0. The number of nitrogens with one attached hydrogen (secondary N) is 1. The van der Waals surface area contributed by atoms with Crippen molar-refractivity contribution in [2.75, 3.05) is 0 Å². The smallest absolute Gasteiger partial charge is 0.408 e. The molecule has 1 atom stereocenters. The van der Waals surface area contributed by atoms with Crippen LogP contribution < -0.4 is 5.32 Å². The van der Waals surface area contributed by atoms with E-state index in [1.807, 2.05) is 52.0 Å². The standard InChI is InChI=1S/C16H20N2O2/c1-12(18-15(19)20-16(2,3)4)5-6-13-7-9-14(11-17)10-8-13/h5-10,12H,1-4H3,(H,18,19)/b6-5+/t12-/m0/s1. The Morgan fingerprint density at radius 3 is 2.45 bits per heavy atom. The van der Waals surface area contributed by atoms with Crippen molar-refractivity contribution >= 4 is 12.2 Å². The average Bonchev–Trinajstić information content (AvgIpc) is 2.34. The third-order valence-electron chi connectivity index (χ3n) is 2.36. The second-order valence-electron chi connectivity index (χ2n) is 5.53. The van der Waals surface area contributed by atoms with Crippen LogP contribution in [0, 0.1) is 11.3 Å². The van der Waals surface area contributed by atoms with Gasteiger partial charge in [0, 0.05) is 6.04 Å². The van der Waals surface area contributed by atoms with Gasteiger partial charge in [-0.1, -0.05) is 24.3 Å². The van der Waals surface area contributed by atoms with Gasteiger partial charge in [-0.25, -0.2) is 4.79 Å². The van der Waals surface area contributed by atoms with Crippen LogP contribution in [0.25, 0.3) is 6.08 Å². The number of hydrogen-bond acceptors (Lipinski definition) is 3. The maximum absolute atomic E-state index is 11.6. The maximum Gasteiger partial charge on any atom is 0.408 e. The van der Waals surface area contributed by atoms with Gasteiger partial charge in [0.05, 0.1) is 11.6 Å². The van der Waals surface area contributed by atoms with E-state index in [2.05, 4.69) is 11.4 Å². The van der Waals surface area contributed by atoms with Crippen LogP contribution in [0.15, 0.2) is 30.3 Å². The lowest BCUT2D eigenvalue weighted by Crippen LogP contribution is -2.36. The van der Waals surface area contributed by atoms with Crippen molar-refractivity contribution in [3.8, 4) is 6.07 Å². The van der Waals surface area contributed by atoms with Gasteiger partial charge in [0.25, 0.3) is 0 Å². The van der Waals surface area contributed by atoms with E-state index in [0.717, 1.165) is 5.56 Å². The second-order valence-corrected chi connectivity index (χ2v) is 5.53. The predicted octanol–water partition coefficient (Wildman–Crippen LogP) is 3.48. The summed E-state index contributed by atoms with van der Waals surface area (Å²) in [5.41, 5.74) is 1.10. The molecule has 0 aromatic heterocycles. The molecule has 1 rings (SSSR count). The topological polar surface area (TPSA) is 62.1 Å². The van der Waals surface area contributed by atoms with E-state index in [-0.39, 0.29) is 6.04 Å². The lowest BCUT2D eigenvalue weighted by Gasteiger charge is -2.20. The molecule has 106 valence electrons. The van der Waals surface area contributed by atoms with Crippen LogP contribution in [0.4, 0.5) is 4.79 Å². The molecule has 0 unspecified atom stereocenters. The Hall–Kier alpha value is -2.28. The molecule has 20 heavy (non-hydrogen) atoms. The number of alkyl carbamates (subject to hydrolysis) is 1. The Morgan fingerprint density at radius 2 is 1.95 bits per heavy atom. The van der Waals surface area contributed by atoms with Crippen LogP contribution in [0.2, 0.25) is 0 Å². The highest BCUT2D eigenvalue weighted by Gasteiger charge is 2.16. The first-order valence-electron chi connectivity index (χ1n) is 6.48. The second kappa shape index (κ2) is 6.76. The molecule has 0 radical (unpaired) electrons.